The van der Waals surface area contributed by atoms with Crippen LogP contribution in [-0.4, -0.2) is 20.2 Å². The zero-order valence-corrected chi connectivity index (χ0v) is 9.54. The van der Waals surface area contributed by atoms with E-state index in [9.17, 15) is 4.39 Å². The molecule has 0 radical (unpaired) electrons. The molecule has 0 fully saturated rings. The Morgan fingerprint density at radius 2 is 2.00 bits per heavy atom. The van der Waals surface area contributed by atoms with Gasteiger partial charge in [-0.05, 0) is 13.8 Å². The molecular weight excluding hydrogens is 195 g/mol. The standard InChI is InChI=1S/C11H17FN2O/c1-7(2)14(3)10-6-11(15-4)8(12)5-9(10)13/h5-7H,13H2,1-4H3. The van der Waals surface area contributed by atoms with Crippen LogP contribution in [0.3, 0.4) is 0 Å². The van der Waals surface area contributed by atoms with E-state index in [2.05, 4.69) is 0 Å². The molecule has 0 unspecified atom stereocenters. The molecule has 2 N–H and O–H groups in total. The lowest BCUT2D eigenvalue weighted by Gasteiger charge is -2.25. The van der Waals surface area contributed by atoms with Gasteiger partial charge >= 0.3 is 0 Å². The second kappa shape index (κ2) is 4.38. The van der Waals surface area contributed by atoms with Crippen LogP contribution in [0.15, 0.2) is 12.1 Å². The van der Waals surface area contributed by atoms with Crippen LogP contribution < -0.4 is 15.4 Å². The zero-order valence-electron chi connectivity index (χ0n) is 9.54. The highest BCUT2D eigenvalue weighted by molar-refractivity contribution is 5.70. The first-order valence-electron chi connectivity index (χ1n) is 4.83. The summed E-state index contributed by atoms with van der Waals surface area (Å²) < 4.78 is 18.2. The van der Waals surface area contributed by atoms with Crippen LogP contribution >= 0.6 is 0 Å². The Morgan fingerprint density at radius 1 is 1.40 bits per heavy atom. The van der Waals surface area contributed by atoms with Crippen molar-refractivity contribution in [3.05, 3.63) is 17.9 Å². The summed E-state index contributed by atoms with van der Waals surface area (Å²) in [4.78, 5) is 1.97. The fraction of sp³-hybridized carbons (Fsp3) is 0.455. The summed E-state index contributed by atoms with van der Waals surface area (Å²) >= 11 is 0. The van der Waals surface area contributed by atoms with E-state index >= 15 is 0 Å². The molecule has 15 heavy (non-hydrogen) atoms. The van der Waals surface area contributed by atoms with E-state index in [-0.39, 0.29) is 5.75 Å². The van der Waals surface area contributed by atoms with Gasteiger partial charge in [0.25, 0.3) is 0 Å². The third-order valence-corrected chi connectivity index (χ3v) is 2.46. The molecule has 4 heteroatoms. The number of ether oxygens (including phenoxy) is 1. The van der Waals surface area contributed by atoms with Crippen LogP contribution in [-0.2, 0) is 0 Å². The number of halogens is 1. The first kappa shape index (κ1) is 11.6. The normalized spacial score (nSPS) is 10.5. The third kappa shape index (κ3) is 2.32. The second-order valence-electron chi connectivity index (χ2n) is 3.75. The number of nitrogen functional groups attached to an aromatic ring is 1. The summed E-state index contributed by atoms with van der Waals surface area (Å²) in [5.74, 6) is -0.220. The van der Waals surface area contributed by atoms with Crippen molar-refractivity contribution >= 4 is 11.4 Å². The Hall–Kier alpha value is -1.45. The van der Waals surface area contributed by atoms with E-state index in [4.69, 9.17) is 10.5 Å². The van der Waals surface area contributed by atoms with Crippen LogP contribution in [0.5, 0.6) is 5.75 Å². The number of anilines is 2. The van der Waals surface area contributed by atoms with Crippen molar-refractivity contribution in [2.24, 2.45) is 0 Å². The molecule has 0 atom stereocenters. The van der Waals surface area contributed by atoms with Crippen molar-refractivity contribution in [3.63, 3.8) is 0 Å². The number of nitrogens with two attached hydrogens (primary N) is 1. The van der Waals surface area contributed by atoms with Crippen LogP contribution in [0.25, 0.3) is 0 Å². The number of rotatable bonds is 3. The predicted molar refractivity (Wildman–Crippen MR) is 60.9 cm³/mol. The molecule has 0 aromatic heterocycles. The second-order valence-corrected chi connectivity index (χ2v) is 3.75. The lowest BCUT2D eigenvalue weighted by atomic mass is 10.2. The Morgan fingerprint density at radius 3 is 2.47 bits per heavy atom. The number of nitrogens with zero attached hydrogens (tertiary/aromatic N) is 1. The molecule has 0 saturated heterocycles. The number of methoxy groups -OCH3 is 1. The Labute approximate surface area is 89.6 Å². The molecular formula is C11H17FN2O. The van der Waals surface area contributed by atoms with Gasteiger partial charge in [0, 0.05) is 25.2 Å². The summed E-state index contributed by atoms with van der Waals surface area (Å²) in [6, 6.07) is 3.19. The maximum Gasteiger partial charge on any atom is 0.167 e. The average molecular weight is 212 g/mol. The monoisotopic (exact) mass is 212 g/mol. The molecule has 1 aromatic rings. The molecule has 0 saturated carbocycles. The molecule has 1 aromatic carbocycles. The van der Waals surface area contributed by atoms with Gasteiger partial charge in [0.2, 0.25) is 0 Å². The van der Waals surface area contributed by atoms with Crippen molar-refractivity contribution in [1.82, 2.24) is 0 Å². The van der Waals surface area contributed by atoms with Crippen LogP contribution in [0, 0.1) is 5.82 Å². The number of hydrogen-bond acceptors (Lipinski definition) is 3. The highest BCUT2D eigenvalue weighted by Gasteiger charge is 2.13. The smallest absolute Gasteiger partial charge is 0.167 e. The van der Waals surface area contributed by atoms with Gasteiger partial charge < -0.3 is 15.4 Å². The van der Waals surface area contributed by atoms with Crippen molar-refractivity contribution in [2.45, 2.75) is 19.9 Å². The largest absolute Gasteiger partial charge is 0.494 e. The van der Waals surface area contributed by atoms with Gasteiger partial charge in [-0.1, -0.05) is 0 Å². The fourth-order valence-corrected chi connectivity index (χ4v) is 1.30. The minimum Gasteiger partial charge on any atom is -0.494 e. The molecule has 0 aliphatic rings. The van der Waals surface area contributed by atoms with Crippen molar-refractivity contribution in [2.75, 3.05) is 24.8 Å². The summed E-state index contributed by atoms with van der Waals surface area (Å²) in [5.41, 5.74) is 6.95. The average Bonchev–Trinajstić information content (AvgIpc) is 2.17. The maximum atomic E-state index is 13.3. The summed E-state index contributed by atoms with van der Waals surface area (Å²) in [6.45, 7) is 4.07. The molecule has 1 rings (SSSR count). The number of benzene rings is 1. The van der Waals surface area contributed by atoms with Gasteiger partial charge in [0.05, 0.1) is 18.5 Å². The van der Waals surface area contributed by atoms with Crippen molar-refractivity contribution in [1.29, 1.82) is 0 Å². The van der Waals surface area contributed by atoms with Gasteiger partial charge in [-0.15, -0.1) is 0 Å². The van der Waals surface area contributed by atoms with Crippen LogP contribution in [0.1, 0.15) is 13.8 Å². The maximum absolute atomic E-state index is 13.3. The molecule has 0 aliphatic heterocycles. The molecule has 3 nitrogen and oxygen atoms in total. The van der Waals surface area contributed by atoms with E-state index in [1.54, 1.807) is 6.07 Å². The van der Waals surface area contributed by atoms with Gasteiger partial charge in [-0.3, -0.25) is 0 Å². The number of hydrogen-bond donors (Lipinski definition) is 1. The molecule has 0 bridgehead atoms. The van der Waals surface area contributed by atoms with E-state index in [0.717, 1.165) is 5.69 Å². The molecule has 0 heterocycles. The molecule has 0 amide bonds. The molecule has 0 spiro atoms. The molecule has 84 valence electrons. The van der Waals surface area contributed by atoms with Gasteiger partial charge in [0.15, 0.2) is 11.6 Å². The Bertz CT molecular complexity index is 353. The SMILES string of the molecule is COc1cc(N(C)C(C)C)c(N)cc1F. The van der Waals surface area contributed by atoms with Gasteiger partial charge in [-0.25, -0.2) is 4.39 Å². The third-order valence-electron chi connectivity index (χ3n) is 2.46. The van der Waals surface area contributed by atoms with Crippen molar-refractivity contribution < 1.29 is 9.13 Å². The van der Waals surface area contributed by atoms with Gasteiger partial charge in [0.1, 0.15) is 0 Å². The van der Waals surface area contributed by atoms with E-state index in [1.165, 1.54) is 13.2 Å². The summed E-state index contributed by atoms with van der Waals surface area (Å²) in [7, 11) is 3.35. The fourth-order valence-electron chi connectivity index (χ4n) is 1.30. The first-order valence-corrected chi connectivity index (χ1v) is 4.83. The summed E-state index contributed by atoms with van der Waals surface area (Å²) in [6.07, 6.45) is 0. The Kier molecular flexibility index (Phi) is 3.39. The minimum atomic E-state index is -0.434. The predicted octanol–water partition coefficient (Wildman–Crippen LogP) is 2.26. The quantitative estimate of drug-likeness (QED) is 0.781. The van der Waals surface area contributed by atoms with Gasteiger partial charge in [-0.2, -0.15) is 0 Å². The lowest BCUT2D eigenvalue weighted by molar-refractivity contribution is 0.386. The topological polar surface area (TPSA) is 38.5 Å². The lowest BCUT2D eigenvalue weighted by Crippen LogP contribution is -2.26. The first-order chi connectivity index (χ1) is 6.97. The Balaban J connectivity index is 3.18. The van der Waals surface area contributed by atoms with Crippen molar-refractivity contribution in [3.8, 4) is 5.75 Å². The zero-order chi connectivity index (χ0) is 11.6. The van der Waals surface area contributed by atoms with E-state index < -0.39 is 5.82 Å². The minimum absolute atomic E-state index is 0.215. The highest BCUT2D eigenvalue weighted by atomic mass is 19.1. The van der Waals surface area contributed by atoms with E-state index in [1.807, 2.05) is 25.8 Å². The summed E-state index contributed by atoms with van der Waals surface area (Å²) in [5, 5.41) is 0. The molecule has 0 aliphatic carbocycles. The van der Waals surface area contributed by atoms with E-state index in [0.29, 0.717) is 11.7 Å². The van der Waals surface area contributed by atoms with Crippen LogP contribution in [0.2, 0.25) is 0 Å². The van der Waals surface area contributed by atoms with Crippen LogP contribution in [0.4, 0.5) is 15.8 Å². The highest BCUT2D eigenvalue weighted by Crippen LogP contribution is 2.31.